The highest BCUT2D eigenvalue weighted by atomic mass is 32.2. The van der Waals surface area contributed by atoms with Crippen LogP contribution in [0.2, 0.25) is 0 Å². The first-order valence-corrected chi connectivity index (χ1v) is 10.1. The van der Waals surface area contributed by atoms with E-state index in [0.29, 0.717) is 17.1 Å². The van der Waals surface area contributed by atoms with Gasteiger partial charge < -0.3 is 4.90 Å². The number of fused-ring (bicyclic) bond motifs is 1. The van der Waals surface area contributed by atoms with E-state index in [1.165, 1.54) is 7.05 Å². The fourth-order valence-electron chi connectivity index (χ4n) is 3.01. The fourth-order valence-corrected chi connectivity index (χ4v) is 3.94. The molecule has 0 atom stereocenters. The van der Waals surface area contributed by atoms with Gasteiger partial charge >= 0.3 is 10.2 Å². The van der Waals surface area contributed by atoms with Crippen LogP contribution in [-0.4, -0.2) is 50.3 Å². The highest BCUT2D eigenvalue weighted by Crippen LogP contribution is 2.35. The summed E-state index contributed by atoms with van der Waals surface area (Å²) in [5, 5.41) is 0. The van der Waals surface area contributed by atoms with Gasteiger partial charge in [0.25, 0.3) is 0 Å². The third-order valence-corrected chi connectivity index (χ3v) is 5.72. The summed E-state index contributed by atoms with van der Waals surface area (Å²) in [6.07, 6.45) is 0. The Morgan fingerprint density at radius 1 is 0.786 bits per heavy atom. The van der Waals surface area contributed by atoms with E-state index < -0.39 is 10.2 Å². The Morgan fingerprint density at radius 2 is 1.29 bits per heavy atom. The van der Waals surface area contributed by atoms with E-state index in [1.54, 1.807) is 19.0 Å². The number of hydrogen-bond donors (Lipinski definition) is 0. The molecule has 0 spiro atoms. The van der Waals surface area contributed by atoms with Crippen LogP contribution in [0.1, 0.15) is 5.69 Å². The summed E-state index contributed by atoms with van der Waals surface area (Å²) in [6.45, 7) is 0. The molecule has 0 bridgehead atoms. The average Bonchev–Trinajstić information content (AvgIpc) is 2.71. The molecule has 4 rings (SSSR count). The van der Waals surface area contributed by atoms with Crippen LogP contribution in [0.25, 0.3) is 22.5 Å². The van der Waals surface area contributed by atoms with Crippen molar-refractivity contribution in [1.82, 2.24) is 14.9 Å². The molecular weight excluding hydrogens is 374 g/mol. The van der Waals surface area contributed by atoms with Crippen molar-refractivity contribution in [2.75, 3.05) is 25.4 Å². The van der Waals surface area contributed by atoms with Gasteiger partial charge in [0.2, 0.25) is 0 Å². The third-order valence-electron chi connectivity index (χ3n) is 4.45. The van der Waals surface area contributed by atoms with Crippen molar-refractivity contribution in [2.45, 2.75) is 0 Å². The van der Waals surface area contributed by atoms with E-state index >= 15 is 0 Å². The zero-order valence-corrected chi connectivity index (χ0v) is 16.6. The van der Waals surface area contributed by atoms with Crippen molar-refractivity contribution in [1.29, 1.82) is 0 Å². The predicted octanol–water partition coefficient (Wildman–Crippen LogP) is 2.81. The van der Waals surface area contributed by atoms with Crippen LogP contribution in [0.15, 0.2) is 65.1 Å². The molecule has 1 aromatic heterocycles. The van der Waals surface area contributed by atoms with Gasteiger partial charge in [-0.25, -0.2) is 14.3 Å². The number of anilines is 1. The van der Waals surface area contributed by atoms with E-state index in [4.69, 9.17) is 9.97 Å². The molecule has 8 heteroatoms. The van der Waals surface area contributed by atoms with Crippen LogP contribution in [-0.2, 0) is 10.2 Å². The SMILES string of the molecule is CN(C)C1=NS(=O)(=O)N(C)c2nc(-c3ccccc3)c(-c3ccccc3)nc21. The van der Waals surface area contributed by atoms with Crippen LogP contribution >= 0.6 is 0 Å². The maximum Gasteiger partial charge on any atom is 0.347 e. The van der Waals surface area contributed by atoms with Gasteiger partial charge in [-0.1, -0.05) is 60.7 Å². The lowest BCUT2D eigenvalue weighted by molar-refractivity contribution is 0.586. The van der Waals surface area contributed by atoms with Gasteiger partial charge in [-0.3, -0.25) is 0 Å². The summed E-state index contributed by atoms with van der Waals surface area (Å²) >= 11 is 0. The van der Waals surface area contributed by atoms with E-state index in [0.717, 1.165) is 15.4 Å². The minimum absolute atomic E-state index is 0.261. The molecule has 2 aromatic carbocycles. The highest BCUT2D eigenvalue weighted by Gasteiger charge is 2.33. The van der Waals surface area contributed by atoms with Crippen molar-refractivity contribution in [2.24, 2.45) is 4.40 Å². The Hall–Kier alpha value is -3.26. The topological polar surface area (TPSA) is 78.8 Å². The molecule has 7 nitrogen and oxygen atoms in total. The highest BCUT2D eigenvalue weighted by molar-refractivity contribution is 7.91. The molecule has 0 saturated heterocycles. The van der Waals surface area contributed by atoms with Crippen LogP contribution in [0.5, 0.6) is 0 Å². The van der Waals surface area contributed by atoms with Gasteiger partial charge in [0, 0.05) is 32.3 Å². The first-order chi connectivity index (χ1) is 13.4. The van der Waals surface area contributed by atoms with Crippen molar-refractivity contribution < 1.29 is 8.42 Å². The number of hydrogen-bond acceptors (Lipinski definition) is 5. The molecule has 3 aromatic rings. The number of rotatable bonds is 2. The monoisotopic (exact) mass is 393 g/mol. The Kier molecular flexibility index (Phi) is 4.35. The predicted molar refractivity (Wildman–Crippen MR) is 110 cm³/mol. The molecule has 142 valence electrons. The zero-order valence-electron chi connectivity index (χ0n) is 15.7. The molecule has 0 amide bonds. The van der Waals surface area contributed by atoms with Crippen molar-refractivity contribution in [3.05, 3.63) is 66.4 Å². The summed E-state index contributed by atoms with van der Waals surface area (Å²) in [5.74, 6) is 0.523. The summed E-state index contributed by atoms with van der Waals surface area (Å²) in [7, 11) is 1.04. The maximum atomic E-state index is 12.5. The normalized spacial score (nSPS) is 15.0. The minimum atomic E-state index is -3.87. The van der Waals surface area contributed by atoms with Gasteiger partial charge in [0.05, 0.1) is 11.4 Å². The summed E-state index contributed by atoms with van der Waals surface area (Å²) in [5.41, 5.74) is 3.48. The molecule has 0 unspecified atom stereocenters. The first-order valence-electron chi connectivity index (χ1n) is 8.68. The zero-order chi connectivity index (χ0) is 19.9. The maximum absolute atomic E-state index is 12.5. The third kappa shape index (κ3) is 3.01. The molecule has 2 heterocycles. The molecular formula is C20H19N5O2S. The molecule has 28 heavy (non-hydrogen) atoms. The van der Waals surface area contributed by atoms with Crippen molar-refractivity contribution >= 4 is 21.9 Å². The lowest BCUT2D eigenvalue weighted by Crippen LogP contribution is -2.38. The average molecular weight is 393 g/mol. The van der Waals surface area contributed by atoms with E-state index in [9.17, 15) is 8.42 Å². The first kappa shape index (κ1) is 18.1. The van der Waals surface area contributed by atoms with Crippen molar-refractivity contribution in [3.8, 4) is 22.5 Å². The molecule has 0 fully saturated rings. The Balaban J connectivity index is 2.07. The second-order valence-corrected chi connectivity index (χ2v) is 8.21. The second kappa shape index (κ2) is 6.72. The van der Waals surface area contributed by atoms with E-state index in [1.807, 2.05) is 60.7 Å². The standard InChI is InChI=1S/C20H19N5O2S/c1-24(2)20-18-19(25(3)28(26,27)23-20)22-17(15-12-8-5-9-13-15)16(21-18)14-10-6-4-7-11-14/h4-13H,1-3H3. The lowest BCUT2D eigenvalue weighted by atomic mass is 10.0. The summed E-state index contributed by atoms with van der Waals surface area (Å²) < 4.78 is 30.0. The fraction of sp³-hybridized carbons (Fsp3) is 0.150. The number of amidine groups is 1. The quantitative estimate of drug-likeness (QED) is 0.669. The molecule has 1 aliphatic heterocycles. The van der Waals surface area contributed by atoms with Crippen LogP contribution < -0.4 is 4.31 Å². The van der Waals surface area contributed by atoms with Gasteiger partial charge in [-0.05, 0) is 0 Å². The van der Waals surface area contributed by atoms with E-state index in [-0.39, 0.29) is 11.7 Å². The van der Waals surface area contributed by atoms with Gasteiger partial charge in [-0.15, -0.1) is 4.40 Å². The van der Waals surface area contributed by atoms with Gasteiger partial charge in [-0.2, -0.15) is 8.42 Å². The molecule has 1 aliphatic rings. The molecule has 0 aliphatic carbocycles. The Bertz CT molecular complexity index is 1160. The number of benzene rings is 2. The lowest BCUT2D eigenvalue weighted by Gasteiger charge is -2.27. The molecule has 0 saturated carbocycles. The number of nitrogens with zero attached hydrogens (tertiary/aromatic N) is 5. The van der Waals surface area contributed by atoms with Gasteiger partial charge in [0.15, 0.2) is 17.3 Å². The summed E-state index contributed by atoms with van der Waals surface area (Å²) in [6, 6.07) is 19.3. The number of aromatic nitrogens is 2. The molecule has 0 N–H and O–H groups in total. The van der Waals surface area contributed by atoms with Crippen LogP contribution in [0.4, 0.5) is 5.82 Å². The Labute approximate surface area is 164 Å². The van der Waals surface area contributed by atoms with Crippen molar-refractivity contribution in [3.63, 3.8) is 0 Å². The summed E-state index contributed by atoms with van der Waals surface area (Å²) in [4.78, 5) is 11.2. The van der Waals surface area contributed by atoms with E-state index in [2.05, 4.69) is 4.40 Å². The Morgan fingerprint density at radius 3 is 1.79 bits per heavy atom. The van der Waals surface area contributed by atoms with Crippen LogP contribution in [0.3, 0.4) is 0 Å². The van der Waals surface area contributed by atoms with Gasteiger partial charge in [0.1, 0.15) is 0 Å². The van der Waals surface area contributed by atoms with Crippen LogP contribution in [0, 0.1) is 0 Å². The minimum Gasteiger partial charge on any atom is -0.360 e. The molecule has 0 radical (unpaired) electrons. The smallest absolute Gasteiger partial charge is 0.347 e. The second-order valence-electron chi connectivity index (χ2n) is 6.58. The largest absolute Gasteiger partial charge is 0.360 e.